The standard InChI is InChI=1S/C27H25Cl2N5O3.C17H12Cl2N2O4/c1-36-19-13-20(37-2)24(29)22(23(19)28)17-6-7-18(26-25(17)30-9-10-31-26)27(35)33-21-8-5-16(14-32-21)15-34-11-3-4-12-34;1-24-10-7-11(25-2)14(19)12(13(10)18)8-3-4-9(17(22)23)16-15(8)20-5-6-21-16/h5-10,13-14H,3-4,11-12,15H2,1-2H3,(H,32,33,35);3-7H,1-2H3,(H,22,23). The van der Waals surface area contributed by atoms with Crippen LogP contribution in [-0.2, 0) is 6.54 Å². The van der Waals surface area contributed by atoms with Crippen LogP contribution in [-0.4, -0.2) is 88.3 Å². The van der Waals surface area contributed by atoms with Gasteiger partial charge in [-0.1, -0.05) is 64.6 Å². The molecule has 7 aromatic rings. The molecule has 4 aromatic carbocycles. The second-order valence-corrected chi connectivity index (χ2v) is 15.2. The molecule has 0 aliphatic carbocycles. The van der Waals surface area contributed by atoms with Gasteiger partial charge in [-0.2, -0.15) is 0 Å². The fourth-order valence-electron chi connectivity index (χ4n) is 7.09. The van der Waals surface area contributed by atoms with Crippen molar-refractivity contribution in [2.24, 2.45) is 0 Å². The van der Waals surface area contributed by atoms with Crippen LogP contribution in [0.5, 0.6) is 23.0 Å². The lowest BCUT2D eigenvalue weighted by molar-refractivity contribution is 0.0698. The number of carboxylic acids is 1. The highest BCUT2D eigenvalue weighted by Gasteiger charge is 2.25. The topological polar surface area (TPSA) is 171 Å². The molecule has 0 atom stereocenters. The number of methoxy groups -OCH3 is 4. The van der Waals surface area contributed by atoms with Gasteiger partial charge < -0.3 is 29.4 Å². The third kappa shape index (κ3) is 8.83. The van der Waals surface area contributed by atoms with E-state index in [9.17, 15) is 14.7 Å². The van der Waals surface area contributed by atoms with Gasteiger partial charge in [0.2, 0.25) is 0 Å². The number of nitrogens with zero attached hydrogens (tertiary/aromatic N) is 6. The average molecular weight is 918 g/mol. The van der Waals surface area contributed by atoms with Crippen molar-refractivity contribution >= 4 is 86.2 Å². The zero-order chi connectivity index (χ0) is 44.1. The highest BCUT2D eigenvalue weighted by molar-refractivity contribution is 6.42. The number of pyridine rings is 1. The van der Waals surface area contributed by atoms with Gasteiger partial charge in [0.25, 0.3) is 5.91 Å². The summed E-state index contributed by atoms with van der Waals surface area (Å²) in [4.78, 5) is 48.9. The van der Waals surface area contributed by atoms with Crippen molar-refractivity contribution in [2.45, 2.75) is 19.4 Å². The highest BCUT2D eigenvalue weighted by Crippen LogP contribution is 2.49. The van der Waals surface area contributed by atoms with Crippen molar-refractivity contribution in [3.63, 3.8) is 0 Å². The van der Waals surface area contributed by atoms with Gasteiger partial charge in [0.05, 0.1) is 70.7 Å². The highest BCUT2D eigenvalue weighted by atomic mass is 35.5. The molecule has 1 saturated heterocycles. The Balaban J connectivity index is 0.000000201. The van der Waals surface area contributed by atoms with E-state index >= 15 is 0 Å². The lowest BCUT2D eigenvalue weighted by Crippen LogP contribution is -2.18. The molecule has 1 aliphatic heterocycles. The number of likely N-dealkylation sites (tertiary alicyclic amines) is 1. The molecule has 14 nitrogen and oxygen atoms in total. The maximum Gasteiger partial charge on any atom is 0.337 e. The van der Waals surface area contributed by atoms with E-state index in [0.717, 1.165) is 25.2 Å². The van der Waals surface area contributed by atoms with Crippen molar-refractivity contribution < 1.29 is 33.6 Å². The van der Waals surface area contributed by atoms with E-state index in [1.807, 2.05) is 12.1 Å². The third-order valence-electron chi connectivity index (χ3n) is 10.1. The summed E-state index contributed by atoms with van der Waals surface area (Å²) in [5, 5.41) is 13.4. The number of anilines is 1. The van der Waals surface area contributed by atoms with Crippen LogP contribution in [0.3, 0.4) is 0 Å². The lowest BCUT2D eigenvalue weighted by atomic mass is 9.99. The molecule has 1 fully saturated rings. The number of halogens is 4. The van der Waals surface area contributed by atoms with Crippen molar-refractivity contribution in [2.75, 3.05) is 46.8 Å². The normalized spacial score (nSPS) is 12.5. The lowest BCUT2D eigenvalue weighted by Gasteiger charge is -2.16. The summed E-state index contributed by atoms with van der Waals surface area (Å²) in [5.74, 6) is 0.552. The second-order valence-electron chi connectivity index (χ2n) is 13.7. The van der Waals surface area contributed by atoms with E-state index in [0.29, 0.717) is 83.2 Å². The average Bonchev–Trinajstić information content (AvgIpc) is 3.80. The number of amides is 1. The molecule has 0 radical (unpaired) electrons. The van der Waals surface area contributed by atoms with Crippen LogP contribution in [0, 0.1) is 0 Å². The van der Waals surface area contributed by atoms with Crippen molar-refractivity contribution in [1.82, 2.24) is 29.8 Å². The minimum atomic E-state index is -1.10. The Labute approximate surface area is 375 Å². The van der Waals surface area contributed by atoms with Gasteiger partial charge in [-0.15, -0.1) is 0 Å². The number of ether oxygens (including phenoxy) is 4. The molecule has 62 heavy (non-hydrogen) atoms. The Morgan fingerprint density at radius 2 is 1.05 bits per heavy atom. The summed E-state index contributed by atoms with van der Waals surface area (Å²) >= 11 is 26.2. The zero-order valence-corrected chi connectivity index (χ0v) is 36.7. The molecule has 1 amide bonds. The van der Waals surface area contributed by atoms with Crippen LogP contribution < -0.4 is 24.3 Å². The van der Waals surface area contributed by atoms with Gasteiger partial charge in [0.15, 0.2) is 0 Å². The molecule has 0 bridgehead atoms. The van der Waals surface area contributed by atoms with Crippen molar-refractivity contribution in [1.29, 1.82) is 0 Å². The minimum absolute atomic E-state index is 0.0361. The van der Waals surface area contributed by atoms with Crippen molar-refractivity contribution in [3.05, 3.63) is 116 Å². The molecule has 0 spiro atoms. The molecular formula is C44H37Cl4N7O7. The molecule has 8 rings (SSSR count). The van der Waals surface area contributed by atoms with E-state index in [1.165, 1.54) is 65.9 Å². The number of hydrogen-bond donors (Lipinski definition) is 2. The maximum absolute atomic E-state index is 13.3. The van der Waals surface area contributed by atoms with Gasteiger partial charge in [0.1, 0.15) is 39.8 Å². The number of rotatable bonds is 11. The van der Waals surface area contributed by atoms with Crippen LogP contribution in [0.25, 0.3) is 44.3 Å². The molecule has 2 N–H and O–H groups in total. The van der Waals surface area contributed by atoms with Crippen molar-refractivity contribution in [3.8, 4) is 45.3 Å². The van der Waals surface area contributed by atoms with E-state index in [2.05, 4.69) is 35.1 Å². The Morgan fingerprint density at radius 1 is 0.613 bits per heavy atom. The zero-order valence-electron chi connectivity index (χ0n) is 33.6. The molecule has 318 valence electrons. The van der Waals surface area contributed by atoms with Crippen LogP contribution in [0.4, 0.5) is 5.82 Å². The Bertz CT molecular complexity index is 2770. The van der Waals surface area contributed by atoms with Crippen LogP contribution >= 0.6 is 46.4 Å². The quantitative estimate of drug-likeness (QED) is 0.126. The summed E-state index contributed by atoms with van der Waals surface area (Å²) < 4.78 is 21.4. The number of carbonyl (C=O) groups is 2. The van der Waals surface area contributed by atoms with E-state index < -0.39 is 5.97 Å². The number of carboxylic acid groups (broad SMARTS) is 1. The maximum atomic E-state index is 13.3. The third-order valence-corrected chi connectivity index (χ3v) is 11.6. The number of carbonyl (C=O) groups excluding carboxylic acids is 1. The fourth-order valence-corrected chi connectivity index (χ4v) is 8.50. The number of nitrogens with one attached hydrogen (secondary N) is 1. The largest absolute Gasteiger partial charge is 0.495 e. The number of aromatic carboxylic acids is 1. The first-order valence-corrected chi connectivity index (χ1v) is 20.4. The SMILES string of the molecule is COc1cc(OC)c(Cl)c(-c2ccc(C(=O)Nc3ccc(CN4CCCC4)cn3)c3nccnc23)c1Cl.COc1cc(OC)c(Cl)c(-c2ccc(C(=O)O)c3nccnc23)c1Cl. The van der Waals surface area contributed by atoms with Crippen LogP contribution in [0.15, 0.2) is 79.5 Å². The summed E-state index contributed by atoms with van der Waals surface area (Å²) in [7, 11) is 5.97. The van der Waals surface area contributed by atoms with Crippen LogP contribution in [0.2, 0.25) is 20.1 Å². The van der Waals surface area contributed by atoms with Gasteiger partial charge in [-0.05, 0) is 49.7 Å². The van der Waals surface area contributed by atoms with Crippen LogP contribution in [0.1, 0.15) is 39.1 Å². The summed E-state index contributed by atoms with van der Waals surface area (Å²) in [5.41, 5.74) is 4.99. The van der Waals surface area contributed by atoms with Gasteiger partial charge in [-0.3, -0.25) is 29.6 Å². The van der Waals surface area contributed by atoms with Gasteiger partial charge in [0, 0.05) is 71.9 Å². The molecule has 4 heterocycles. The predicted octanol–water partition coefficient (Wildman–Crippen LogP) is 10.2. The monoisotopic (exact) mass is 915 g/mol. The Hall–Kier alpha value is -6.03. The predicted molar refractivity (Wildman–Crippen MR) is 240 cm³/mol. The van der Waals surface area contributed by atoms with E-state index in [4.69, 9.17) is 65.4 Å². The first-order valence-electron chi connectivity index (χ1n) is 18.9. The second kappa shape index (κ2) is 19.3. The fraction of sp³-hybridized carbons (Fsp3) is 0.205. The Morgan fingerprint density at radius 3 is 1.47 bits per heavy atom. The van der Waals surface area contributed by atoms with E-state index in [1.54, 1.807) is 42.7 Å². The molecule has 0 saturated carbocycles. The molecular weight excluding hydrogens is 880 g/mol. The molecule has 18 heteroatoms. The number of benzene rings is 4. The van der Waals surface area contributed by atoms with Gasteiger partial charge >= 0.3 is 5.97 Å². The summed E-state index contributed by atoms with van der Waals surface area (Å²) in [6.07, 6.45) is 10.2. The molecule has 1 aliphatic rings. The smallest absolute Gasteiger partial charge is 0.337 e. The molecule has 3 aromatic heterocycles. The van der Waals surface area contributed by atoms with E-state index in [-0.39, 0.29) is 27.0 Å². The number of hydrogen-bond acceptors (Lipinski definition) is 12. The Kier molecular flexibility index (Phi) is 13.7. The number of aromatic nitrogens is 5. The summed E-state index contributed by atoms with van der Waals surface area (Å²) in [6.45, 7) is 3.09. The number of fused-ring (bicyclic) bond motifs is 2. The first kappa shape index (κ1) is 44.0. The summed E-state index contributed by atoms with van der Waals surface area (Å²) in [6, 6.07) is 13.4. The molecule has 0 unspecified atom stereocenters. The van der Waals surface area contributed by atoms with Gasteiger partial charge in [-0.25, -0.2) is 9.78 Å². The minimum Gasteiger partial charge on any atom is -0.495 e. The first-order chi connectivity index (χ1) is 30.0.